The molecule has 1 aromatic carbocycles. The minimum Gasteiger partial charge on any atom is -0.242 e. The molecule has 0 bridgehead atoms. The highest BCUT2D eigenvalue weighted by molar-refractivity contribution is 5.40. The number of nitrogens with zero attached hydrogens (tertiary/aromatic N) is 1. The van der Waals surface area contributed by atoms with Gasteiger partial charge in [0, 0.05) is 13.1 Å². The second-order valence-corrected chi connectivity index (χ2v) is 4.76. The van der Waals surface area contributed by atoms with Crippen LogP contribution < -0.4 is 5.32 Å². The summed E-state index contributed by atoms with van der Waals surface area (Å²) >= 11 is 0. The van der Waals surface area contributed by atoms with Crippen molar-refractivity contribution in [3.63, 3.8) is 0 Å². The first-order chi connectivity index (χ1) is 7.18. The Morgan fingerprint density at radius 3 is 2.07 bits per heavy atom. The van der Waals surface area contributed by atoms with E-state index in [4.69, 9.17) is 0 Å². The third-order valence-corrected chi connectivity index (χ3v) is 3.42. The van der Waals surface area contributed by atoms with Gasteiger partial charge in [-0.3, -0.25) is 0 Å². The zero-order chi connectivity index (χ0) is 10.8. The standard InChI is InChI=1S/C14H20N/c1-10-8-11(2)14(12(3)9-10)13-4-6-15-7-5-13/h8-9,13H,4-7H2,1-3H3. The quantitative estimate of drug-likeness (QED) is 0.664. The van der Waals surface area contributed by atoms with E-state index in [1.807, 2.05) is 0 Å². The Labute approximate surface area is 92.9 Å². The summed E-state index contributed by atoms with van der Waals surface area (Å²) in [6.45, 7) is 8.79. The molecule has 1 aliphatic rings. The van der Waals surface area contributed by atoms with Crippen molar-refractivity contribution in [3.05, 3.63) is 34.4 Å². The molecule has 0 amide bonds. The summed E-state index contributed by atoms with van der Waals surface area (Å²) in [6, 6.07) is 4.63. The number of benzene rings is 1. The van der Waals surface area contributed by atoms with Crippen LogP contribution in [0, 0.1) is 20.8 Å². The summed E-state index contributed by atoms with van der Waals surface area (Å²) in [5, 5.41) is 4.43. The van der Waals surface area contributed by atoms with Gasteiger partial charge in [0.1, 0.15) is 0 Å². The second kappa shape index (κ2) is 4.36. The fraction of sp³-hybridized carbons (Fsp3) is 0.571. The van der Waals surface area contributed by atoms with Gasteiger partial charge >= 0.3 is 0 Å². The largest absolute Gasteiger partial charge is 0.242 e. The van der Waals surface area contributed by atoms with Gasteiger partial charge in [-0.05, 0) is 56.2 Å². The van der Waals surface area contributed by atoms with E-state index in [9.17, 15) is 0 Å². The maximum Gasteiger partial charge on any atom is 0.0139 e. The Morgan fingerprint density at radius 2 is 1.53 bits per heavy atom. The molecule has 1 radical (unpaired) electrons. The topological polar surface area (TPSA) is 14.1 Å². The van der Waals surface area contributed by atoms with E-state index in [1.165, 1.54) is 29.5 Å². The number of aryl methyl sites for hydroxylation is 3. The van der Waals surface area contributed by atoms with Crippen molar-refractivity contribution in [3.8, 4) is 0 Å². The zero-order valence-corrected chi connectivity index (χ0v) is 10.0. The Hall–Kier alpha value is -0.820. The van der Waals surface area contributed by atoms with Crippen molar-refractivity contribution >= 4 is 0 Å². The number of piperidine rings is 1. The molecule has 0 N–H and O–H groups in total. The van der Waals surface area contributed by atoms with Crippen LogP contribution in [0.2, 0.25) is 0 Å². The van der Waals surface area contributed by atoms with E-state index >= 15 is 0 Å². The molecule has 1 heteroatoms. The zero-order valence-electron chi connectivity index (χ0n) is 10.0. The van der Waals surface area contributed by atoms with Gasteiger partial charge in [0.05, 0.1) is 0 Å². The SMILES string of the molecule is Cc1cc(C)c(C2CC[N]CC2)c(C)c1. The summed E-state index contributed by atoms with van der Waals surface area (Å²) in [5.41, 5.74) is 5.92. The Bertz CT molecular complexity index is 325. The first-order valence-corrected chi connectivity index (χ1v) is 5.89. The summed E-state index contributed by atoms with van der Waals surface area (Å²) < 4.78 is 0. The molecule has 2 rings (SSSR count). The van der Waals surface area contributed by atoms with Gasteiger partial charge in [-0.2, -0.15) is 0 Å². The molecule has 15 heavy (non-hydrogen) atoms. The molecule has 1 fully saturated rings. The lowest BCUT2D eigenvalue weighted by atomic mass is 9.84. The molecule has 1 nitrogen and oxygen atoms in total. The number of hydrogen-bond acceptors (Lipinski definition) is 0. The van der Waals surface area contributed by atoms with E-state index in [1.54, 1.807) is 5.56 Å². The van der Waals surface area contributed by atoms with Gasteiger partial charge in [-0.15, -0.1) is 0 Å². The van der Waals surface area contributed by atoms with E-state index < -0.39 is 0 Å². The van der Waals surface area contributed by atoms with Crippen LogP contribution in [0.15, 0.2) is 12.1 Å². The van der Waals surface area contributed by atoms with Crippen molar-refractivity contribution in [2.45, 2.75) is 39.5 Å². The van der Waals surface area contributed by atoms with Crippen LogP contribution in [-0.2, 0) is 0 Å². The first-order valence-electron chi connectivity index (χ1n) is 5.89. The summed E-state index contributed by atoms with van der Waals surface area (Å²) in [4.78, 5) is 0. The van der Waals surface area contributed by atoms with Gasteiger partial charge in [0.15, 0.2) is 0 Å². The Kier molecular flexibility index (Phi) is 3.11. The lowest BCUT2D eigenvalue weighted by Crippen LogP contribution is -2.22. The molecular weight excluding hydrogens is 182 g/mol. The van der Waals surface area contributed by atoms with Crippen molar-refractivity contribution in [2.75, 3.05) is 13.1 Å². The summed E-state index contributed by atoms with van der Waals surface area (Å²) in [7, 11) is 0. The normalized spacial score (nSPS) is 18.1. The van der Waals surface area contributed by atoms with Crippen molar-refractivity contribution in [1.82, 2.24) is 5.32 Å². The molecule has 1 aliphatic heterocycles. The average molecular weight is 202 g/mol. The van der Waals surface area contributed by atoms with Crippen molar-refractivity contribution < 1.29 is 0 Å². The molecule has 0 aromatic heterocycles. The van der Waals surface area contributed by atoms with Gasteiger partial charge < -0.3 is 0 Å². The van der Waals surface area contributed by atoms with Crippen LogP contribution in [0.25, 0.3) is 0 Å². The molecule has 0 atom stereocenters. The van der Waals surface area contributed by atoms with Crippen LogP contribution in [-0.4, -0.2) is 13.1 Å². The van der Waals surface area contributed by atoms with Crippen LogP contribution in [0.3, 0.4) is 0 Å². The molecular formula is C14H20N. The van der Waals surface area contributed by atoms with E-state index in [0.717, 1.165) is 19.0 Å². The van der Waals surface area contributed by atoms with Crippen molar-refractivity contribution in [2.24, 2.45) is 0 Å². The third-order valence-electron chi connectivity index (χ3n) is 3.42. The maximum atomic E-state index is 4.43. The van der Waals surface area contributed by atoms with Gasteiger partial charge in [-0.25, -0.2) is 5.32 Å². The van der Waals surface area contributed by atoms with Gasteiger partial charge in [0.25, 0.3) is 0 Å². The predicted molar refractivity (Wildman–Crippen MR) is 64.5 cm³/mol. The maximum absolute atomic E-state index is 4.43. The predicted octanol–water partition coefficient (Wildman–Crippen LogP) is 3.09. The van der Waals surface area contributed by atoms with Crippen LogP contribution >= 0.6 is 0 Å². The average Bonchev–Trinajstić information content (AvgIpc) is 2.17. The van der Waals surface area contributed by atoms with Crippen LogP contribution in [0.1, 0.15) is 41.0 Å². The molecule has 81 valence electrons. The minimum atomic E-state index is 0.753. The van der Waals surface area contributed by atoms with E-state index in [2.05, 4.69) is 38.2 Å². The van der Waals surface area contributed by atoms with Crippen LogP contribution in [0.5, 0.6) is 0 Å². The summed E-state index contributed by atoms with van der Waals surface area (Å²) in [6.07, 6.45) is 2.48. The number of rotatable bonds is 1. The fourth-order valence-corrected chi connectivity index (χ4v) is 2.87. The molecule has 0 saturated carbocycles. The van der Waals surface area contributed by atoms with E-state index in [-0.39, 0.29) is 0 Å². The Balaban J connectivity index is 2.33. The lowest BCUT2D eigenvalue weighted by molar-refractivity contribution is 0.451. The molecule has 1 aromatic rings. The fourth-order valence-electron chi connectivity index (χ4n) is 2.87. The lowest BCUT2D eigenvalue weighted by Gasteiger charge is -2.25. The molecule has 0 spiro atoms. The molecule has 0 aliphatic carbocycles. The Morgan fingerprint density at radius 1 is 1.00 bits per heavy atom. The van der Waals surface area contributed by atoms with Crippen molar-refractivity contribution in [1.29, 1.82) is 0 Å². The highest BCUT2D eigenvalue weighted by Gasteiger charge is 2.19. The summed E-state index contributed by atoms with van der Waals surface area (Å²) in [5.74, 6) is 0.753. The second-order valence-electron chi connectivity index (χ2n) is 4.76. The number of hydrogen-bond donors (Lipinski definition) is 0. The van der Waals surface area contributed by atoms with Crippen LogP contribution in [0.4, 0.5) is 0 Å². The highest BCUT2D eigenvalue weighted by atomic mass is 14.9. The van der Waals surface area contributed by atoms with Gasteiger partial charge in [-0.1, -0.05) is 17.7 Å². The molecule has 1 heterocycles. The highest BCUT2D eigenvalue weighted by Crippen LogP contribution is 2.31. The van der Waals surface area contributed by atoms with E-state index in [0.29, 0.717) is 0 Å². The third kappa shape index (κ3) is 2.23. The monoisotopic (exact) mass is 202 g/mol. The smallest absolute Gasteiger partial charge is 0.0139 e. The molecule has 0 unspecified atom stereocenters. The molecule has 1 saturated heterocycles. The first kappa shape index (κ1) is 10.7. The minimum absolute atomic E-state index is 0.753. The van der Waals surface area contributed by atoms with Gasteiger partial charge in [0.2, 0.25) is 0 Å².